The Morgan fingerprint density at radius 1 is 1.25 bits per heavy atom. The van der Waals surface area contributed by atoms with Crippen molar-refractivity contribution < 1.29 is 9.59 Å². The van der Waals surface area contributed by atoms with Crippen molar-refractivity contribution in [2.75, 3.05) is 19.6 Å². The Morgan fingerprint density at radius 2 is 1.96 bits per heavy atom. The van der Waals surface area contributed by atoms with Crippen molar-refractivity contribution >= 4 is 27.7 Å². The number of nitrogens with one attached hydrogen (secondary N) is 3. The first-order chi connectivity index (χ1) is 13.5. The van der Waals surface area contributed by atoms with E-state index in [4.69, 9.17) is 0 Å². The molecule has 7 nitrogen and oxygen atoms in total. The van der Waals surface area contributed by atoms with Crippen LogP contribution in [0.4, 0.5) is 0 Å². The molecule has 4 rings (SSSR count). The molecule has 1 aromatic heterocycles. The van der Waals surface area contributed by atoms with Crippen LogP contribution >= 0.6 is 15.9 Å². The number of amides is 2. The van der Waals surface area contributed by atoms with Crippen LogP contribution in [0, 0.1) is 0 Å². The van der Waals surface area contributed by atoms with Gasteiger partial charge in [0.1, 0.15) is 6.04 Å². The van der Waals surface area contributed by atoms with E-state index in [0.29, 0.717) is 18.7 Å². The highest BCUT2D eigenvalue weighted by molar-refractivity contribution is 9.10. The second-order valence-corrected chi connectivity index (χ2v) is 8.43. The van der Waals surface area contributed by atoms with Gasteiger partial charge in [0.2, 0.25) is 5.91 Å². The predicted molar refractivity (Wildman–Crippen MR) is 109 cm³/mol. The third-order valence-electron chi connectivity index (χ3n) is 5.76. The summed E-state index contributed by atoms with van der Waals surface area (Å²) in [6.07, 6.45) is 4.36. The molecule has 2 aliphatic rings. The molecule has 1 spiro atoms. The highest BCUT2D eigenvalue weighted by Gasteiger charge is 2.42. The molecule has 0 saturated carbocycles. The molecule has 0 unspecified atom stereocenters. The van der Waals surface area contributed by atoms with Gasteiger partial charge in [-0.1, -0.05) is 15.9 Å². The number of carbonyl (C=O) groups is 2. The molecule has 1 aromatic carbocycles. The summed E-state index contributed by atoms with van der Waals surface area (Å²) in [5.41, 5.74) is 2.70. The minimum atomic E-state index is -0.564. The van der Waals surface area contributed by atoms with Gasteiger partial charge in [-0.2, -0.15) is 0 Å². The van der Waals surface area contributed by atoms with Gasteiger partial charge in [-0.25, -0.2) is 4.98 Å². The molecule has 3 heterocycles. The van der Waals surface area contributed by atoms with E-state index in [1.165, 1.54) is 5.69 Å². The molecular weight excluding hydrogens is 422 g/mol. The van der Waals surface area contributed by atoms with E-state index in [-0.39, 0.29) is 17.4 Å². The molecule has 1 fully saturated rings. The number of fused-ring (bicyclic) bond motifs is 2. The van der Waals surface area contributed by atoms with Crippen molar-refractivity contribution in [1.82, 2.24) is 25.5 Å². The van der Waals surface area contributed by atoms with Crippen LogP contribution in [-0.4, -0.2) is 52.4 Å². The van der Waals surface area contributed by atoms with Crippen LogP contribution in [0.3, 0.4) is 0 Å². The number of nitrogens with zero attached hydrogens (tertiary/aromatic N) is 2. The average molecular weight is 446 g/mol. The van der Waals surface area contributed by atoms with Crippen molar-refractivity contribution in [3.05, 3.63) is 52.0 Å². The second kappa shape index (κ2) is 7.67. The maximum absolute atomic E-state index is 12.8. The number of hydrogen-bond donors (Lipinski definition) is 3. The molecule has 148 valence electrons. The molecule has 0 radical (unpaired) electrons. The van der Waals surface area contributed by atoms with Gasteiger partial charge in [0.05, 0.1) is 17.6 Å². The number of likely N-dealkylation sites (tertiary alicyclic amines) is 1. The Kier molecular flexibility index (Phi) is 5.25. The van der Waals surface area contributed by atoms with Gasteiger partial charge in [0.25, 0.3) is 5.91 Å². The number of imidazole rings is 1. The highest BCUT2D eigenvalue weighted by atomic mass is 79.9. The number of halogens is 1. The van der Waals surface area contributed by atoms with Gasteiger partial charge in [-0.15, -0.1) is 0 Å². The fraction of sp³-hybridized carbons (Fsp3) is 0.450. The fourth-order valence-electron chi connectivity index (χ4n) is 4.17. The second-order valence-electron chi connectivity index (χ2n) is 7.52. The van der Waals surface area contributed by atoms with E-state index >= 15 is 0 Å². The third kappa shape index (κ3) is 3.58. The van der Waals surface area contributed by atoms with Crippen molar-refractivity contribution in [2.45, 2.75) is 37.8 Å². The smallest absolute Gasteiger partial charge is 0.251 e. The van der Waals surface area contributed by atoms with E-state index in [1.54, 1.807) is 25.4 Å². The first-order valence-electron chi connectivity index (χ1n) is 9.61. The summed E-state index contributed by atoms with van der Waals surface area (Å²) in [5.74, 6) is -0.282. The first kappa shape index (κ1) is 19.1. The summed E-state index contributed by atoms with van der Waals surface area (Å²) < 4.78 is 0.909. The maximum atomic E-state index is 12.8. The number of H-pyrrole nitrogens is 1. The van der Waals surface area contributed by atoms with Crippen molar-refractivity contribution in [3.8, 4) is 0 Å². The largest absolute Gasteiger partial charge is 0.348 e. The van der Waals surface area contributed by atoms with Crippen molar-refractivity contribution in [2.24, 2.45) is 0 Å². The van der Waals surface area contributed by atoms with Gasteiger partial charge in [-0.05, 0) is 44.0 Å². The molecule has 1 atom stereocenters. The monoisotopic (exact) mass is 445 g/mol. The molecule has 2 aliphatic heterocycles. The topological polar surface area (TPSA) is 90.1 Å². The molecule has 3 N–H and O–H groups in total. The number of rotatable bonds is 3. The lowest BCUT2D eigenvalue weighted by molar-refractivity contribution is -0.134. The summed E-state index contributed by atoms with van der Waals surface area (Å²) in [7, 11) is 0. The Morgan fingerprint density at radius 3 is 2.68 bits per heavy atom. The van der Waals surface area contributed by atoms with Crippen LogP contribution < -0.4 is 10.6 Å². The van der Waals surface area contributed by atoms with Crippen LogP contribution in [0.25, 0.3) is 0 Å². The van der Waals surface area contributed by atoms with E-state index in [1.807, 2.05) is 17.0 Å². The van der Waals surface area contributed by atoms with Crippen LogP contribution in [0.5, 0.6) is 0 Å². The zero-order valence-corrected chi connectivity index (χ0v) is 17.4. The number of aromatic amines is 1. The molecule has 2 amide bonds. The van der Waals surface area contributed by atoms with Crippen molar-refractivity contribution in [1.29, 1.82) is 0 Å². The summed E-state index contributed by atoms with van der Waals surface area (Å²) in [6, 6.07) is 6.53. The summed E-state index contributed by atoms with van der Waals surface area (Å²) >= 11 is 3.35. The number of benzene rings is 1. The minimum Gasteiger partial charge on any atom is -0.348 e. The van der Waals surface area contributed by atoms with Crippen LogP contribution in [0.15, 0.2) is 35.1 Å². The maximum Gasteiger partial charge on any atom is 0.251 e. The van der Waals surface area contributed by atoms with E-state index in [0.717, 1.165) is 36.0 Å². The molecule has 1 saturated heterocycles. The van der Waals surface area contributed by atoms with Gasteiger partial charge in [0, 0.05) is 41.8 Å². The van der Waals surface area contributed by atoms with Gasteiger partial charge in [-0.3, -0.25) is 9.59 Å². The van der Waals surface area contributed by atoms with Crippen LogP contribution in [-0.2, 0) is 16.8 Å². The Bertz CT molecular complexity index is 871. The lowest BCUT2D eigenvalue weighted by Gasteiger charge is -2.44. The van der Waals surface area contributed by atoms with Gasteiger partial charge in [0.15, 0.2) is 0 Å². The van der Waals surface area contributed by atoms with Gasteiger partial charge >= 0.3 is 0 Å². The number of hydrogen-bond acceptors (Lipinski definition) is 4. The van der Waals surface area contributed by atoms with E-state index in [9.17, 15) is 9.59 Å². The van der Waals surface area contributed by atoms with E-state index in [2.05, 4.69) is 36.5 Å². The van der Waals surface area contributed by atoms with Crippen molar-refractivity contribution in [3.63, 3.8) is 0 Å². The normalized spacial score (nSPS) is 19.1. The molecule has 8 heteroatoms. The lowest BCUT2D eigenvalue weighted by atomic mass is 9.80. The quantitative estimate of drug-likeness (QED) is 0.673. The van der Waals surface area contributed by atoms with Gasteiger partial charge < -0.3 is 20.5 Å². The molecule has 0 aliphatic carbocycles. The Hall–Kier alpha value is -2.19. The van der Waals surface area contributed by atoms with E-state index < -0.39 is 6.04 Å². The summed E-state index contributed by atoms with van der Waals surface area (Å²) in [4.78, 5) is 34.9. The SMILES string of the molecule is C[C@H](NC(=O)c1ccc(Br)cc1)C(=O)N1CCC2(CC1)NCCc1[nH]cnc12. The van der Waals surface area contributed by atoms with Crippen LogP contribution in [0.1, 0.15) is 41.5 Å². The zero-order chi connectivity index (χ0) is 19.7. The Labute approximate surface area is 172 Å². The zero-order valence-electron chi connectivity index (χ0n) is 15.8. The third-order valence-corrected chi connectivity index (χ3v) is 6.29. The Balaban J connectivity index is 1.36. The standard InChI is InChI=1S/C20H24BrN5O2/c1-13(25-18(27)14-2-4-15(21)5-3-14)19(28)26-10-7-20(8-11-26)17-16(6-9-24-20)22-12-23-17/h2-5,12-13,24H,6-11H2,1H3,(H,22,23)(H,25,27)/t13-/m0/s1. The minimum absolute atomic E-state index is 0.0432. The van der Waals surface area contributed by atoms with Crippen LogP contribution in [0.2, 0.25) is 0 Å². The summed E-state index contributed by atoms with van der Waals surface area (Å²) in [6.45, 7) is 3.96. The lowest BCUT2D eigenvalue weighted by Crippen LogP contribution is -2.57. The highest BCUT2D eigenvalue weighted by Crippen LogP contribution is 2.35. The molecular formula is C20H24BrN5O2. The molecule has 2 aromatic rings. The predicted octanol–water partition coefficient (Wildman–Crippen LogP) is 1.95. The molecule has 28 heavy (non-hydrogen) atoms. The average Bonchev–Trinajstić information content (AvgIpc) is 3.19. The summed E-state index contributed by atoms with van der Waals surface area (Å²) in [5, 5.41) is 6.45. The fourth-order valence-corrected chi connectivity index (χ4v) is 4.44. The molecule has 0 bridgehead atoms. The number of carbonyl (C=O) groups excluding carboxylic acids is 2. The number of aromatic nitrogens is 2. The first-order valence-corrected chi connectivity index (χ1v) is 10.4. The number of piperidine rings is 1.